The Morgan fingerprint density at radius 3 is 2.27 bits per heavy atom. The Morgan fingerprint density at radius 1 is 0.788 bits per heavy atom. The maximum absolute atomic E-state index is 13.0. The summed E-state index contributed by atoms with van der Waals surface area (Å²) in [6, 6.07) is 0. The molecule has 3 heterocycles. The Kier molecular flexibility index (Phi) is 6.29. The van der Waals surface area contributed by atoms with Crippen LogP contribution in [0.2, 0.25) is 0 Å². The quantitative estimate of drug-likeness (QED) is 0.533. The molecule has 4 aliphatic rings. The van der Waals surface area contributed by atoms with Crippen molar-refractivity contribution in [3.63, 3.8) is 0 Å². The number of aromatic nitrogens is 2. The van der Waals surface area contributed by atoms with Gasteiger partial charge in [0.15, 0.2) is 0 Å². The Bertz CT molecular complexity index is 997. The third-order valence-electron chi connectivity index (χ3n) is 8.63. The molecule has 6 rings (SSSR count). The first-order valence-corrected chi connectivity index (χ1v) is 14.5. The van der Waals surface area contributed by atoms with Gasteiger partial charge >= 0.3 is 0 Å². The molecule has 5 nitrogen and oxygen atoms in total. The lowest BCUT2D eigenvalue weighted by molar-refractivity contribution is -0.135. The zero-order valence-corrected chi connectivity index (χ0v) is 20.8. The molecular weight excluding hydrogens is 428 g/mol. The normalized spacial score (nSPS) is 23.2. The van der Waals surface area contributed by atoms with E-state index in [0.29, 0.717) is 11.8 Å². The number of thiophene rings is 1. The van der Waals surface area contributed by atoms with E-state index >= 15 is 0 Å². The number of hydrogen-bond acceptors (Lipinski definition) is 5. The highest BCUT2D eigenvalue weighted by Crippen LogP contribution is 2.41. The second kappa shape index (κ2) is 9.52. The summed E-state index contributed by atoms with van der Waals surface area (Å²) in [4.78, 5) is 30.9. The molecule has 2 aromatic heterocycles. The number of aryl methyl sites for hydroxylation is 2. The van der Waals surface area contributed by atoms with Crippen LogP contribution in [0.15, 0.2) is 0 Å². The highest BCUT2D eigenvalue weighted by atomic mass is 32.1. The van der Waals surface area contributed by atoms with Crippen molar-refractivity contribution in [2.45, 2.75) is 95.8 Å². The van der Waals surface area contributed by atoms with E-state index in [1.807, 2.05) is 11.3 Å². The maximum atomic E-state index is 13.0. The first kappa shape index (κ1) is 21.8. The number of piperazine rings is 1. The summed E-state index contributed by atoms with van der Waals surface area (Å²) in [5, 5.41) is 1.35. The van der Waals surface area contributed by atoms with Crippen molar-refractivity contribution >= 4 is 33.3 Å². The summed E-state index contributed by atoms with van der Waals surface area (Å²) in [6.45, 7) is 3.48. The molecule has 6 heteroatoms. The van der Waals surface area contributed by atoms with Crippen LogP contribution >= 0.6 is 11.3 Å². The van der Waals surface area contributed by atoms with Crippen LogP contribution in [0.3, 0.4) is 0 Å². The summed E-state index contributed by atoms with van der Waals surface area (Å²) in [7, 11) is 0. The number of carbonyl (C=O) groups excluding carboxylic acids is 1. The monoisotopic (exact) mass is 466 g/mol. The minimum Gasteiger partial charge on any atom is -0.352 e. The fraction of sp³-hybridized carbons (Fsp3) is 0.741. The van der Waals surface area contributed by atoms with E-state index in [1.165, 1.54) is 93.1 Å². The van der Waals surface area contributed by atoms with Crippen molar-refractivity contribution in [3.05, 3.63) is 16.3 Å². The minimum absolute atomic E-state index is 0.285. The predicted molar refractivity (Wildman–Crippen MR) is 135 cm³/mol. The number of amides is 1. The molecule has 1 amide bonds. The lowest BCUT2D eigenvalue weighted by atomic mass is 9.88. The lowest BCUT2D eigenvalue weighted by Gasteiger charge is -2.37. The van der Waals surface area contributed by atoms with Crippen LogP contribution in [-0.4, -0.2) is 47.0 Å². The van der Waals surface area contributed by atoms with Crippen molar-refractivity contribution in [2.24, 2.45) is 5.92 Å². The van der Waals surface area contributed by atoms with Crippen molar-refractivity contribution < 1.29 is 4.79 Å². The Labute approximate surface area is 202 Å². The van der Waals surface area contributed by atoms with E-state index in [-0.39, 0.29) is 5.92 Å². The SMILES string of the molecule is O=C(C1CCCC1)N1CCN(c2nc(C3CCCCC3)nc3sc4c(c23)CCCCC4)CC1. The fourth-order valence-corrected chi connectivity index (χ4v) is 7.94. The summed E-state index contributed by atoms with van der Waals surface area (Å²) in [5.41, 5.74) is 1.54. The highest BCUT2D eigenvalue weighted by Gasteiger charge is 2.32. The molecule has 0 radical (unpaired) electrons. The average molecular weight is 467 g/mol. The first-order chi connectivity index (χ1) is 16.3. The number of anilines is 1. The van der Waals surface area contributed by atoms with Gasteiger partial charge < -0.3 is 9.80 Å². The molecule has 2 saturated carbocycles. The van der Waals surface area contributed by atoms with Gasteiger partial charge in [-0.3, -0.25) is 4.79 Å². The largest absolute Gasteiger partial charge is 0.352 e. The van der Waals surface area contributed by atoms with Gasteiger partial charge in [0.2, 0.25) is 5.91 Å². The van der Waals surface area contributed by atoms with Crippen LogP contribution in [0.1, 0.15) is 99.2 Å². The molecule has 178 valence electrons. The van der Waals surface area contributed by atoms with Crippen LogP contribution in [0.5, 0.6) is 0 Å². The van der Waals surface area contributed by atoms with Crippen LogP contribution < -0.4 is 4.90 Å². The van der Waals surface area contributed by atoms with Gasteiger partial charge in [-0.05, 0) is 56.9 Å². The molecule has 2 aromatic rings. The van der Waals surface area contributed by atoms with E-state index in [4.69, 9.17) is 9.97 Å². The van der Waals surface area contributed by atoms with E-state index in [1.54, 1.807) is 10.4 Å². The molecule has 0 N–H and O–H groups in total. The predicted octanol–water partition coefficient (Wildman–Crippen LogP) is 5.85. The second-order valence-corrected chi connectivity index (χ2v) is 11.9. The molecule has 0 spiro atoms. The summed E-state index contributed by atoms with van der Waals surface area (Å²) < 4.78 is 0. The molecule has 3 fully saturated rings. The van der Waals surface area contributed by atoms with Crippen molar-refractivity contribution in [2.75, 3.05) is 31.1 Å². The number of carbonyl (C=O) groups is 1. The minimum atomic E-state index is 0.285. The zero-order valence-electron chi connectivity index (χ0n) is 20.0. The standard InChI is InChI=1S/C27H38N4OS/c32-27(20-11-7-8-12-20)31-17-15-30(16-18-31)25-23-21-13-5-2-6-14-22(21)33-26(23)29-24(28-25)19-9-3-1-4-10-19/h19-20H,1-18H2. The third-order valence-corrected chi connectivity index (χ3v) is 9.81. The molecule has 0 bridgehead atoms. The van der Waals surface area contributed by atoms with E-state index in [9.17, 15) is 4.79 Å². The molecule has 3 aliphatic carbocycles. The van der Waals surface area contributed by atoms with Gasteiger partial charge in [-0.2, -0.15) is 0 Å². The topological polar surface area (TPSA) is 49.3 Å². The van der Waals surface area contributed by atoms with E-state index < -0.39 is 0 Å². The molecule has 1 aliphatic heterocycles. The van der Waals surface area contributed by atoms with Crippen molar-refractivity contribution in [1.82, 2.24) is 14.9 Å². The first-order valence-electron chi connectivity index (χ1n) is 13.6. The van der Waals surface area contributed by atoms with E-state index in [2.05, 4.69) is 9.80 Å². The molecule has 0 unspecified atom stereocenters. The van der Waals surface area contributed by atoms with Gasteiger partial charge in [-0.15, -0.1) is 11.3 Å². The fourth-order valence-electron chi connectivity index (χ4n) is 6.67. The van der Waals surface area contributed by atoms with Crippen LogP contribution in [0.4, 0.5) is 5.82 Å². The molecule has 33 heavy (non-hydrogen) atoms. The molecule has 0 atom stereocenters. The Morgan fingerprint density at radius 2 is 1.48 bits per heavy atom. The van der Waals surface area contributed by atoms with Gasteiger partial charge in [0, 0.05) is 42.9 Å². The second-order valence-electron chi connectivity index (χ2n) is 10.8. The number of rotatable bonds is 3. The van der Waals surface area contributed by atoms with Crippen molar-refractivity contribution in [1.29, 1.82) is 0 Å². The molecular formula is C27H38N4OS. The maximum Gasteiger partial charge on any atom is 0.225 e. The van der Waals surface area contributed by atoms with Gasteiger partial charge in [-0.25, -0.2) is 9.97 Å². The van der Waals surface area contributed by atoms with Gasteiger partial charge in [0.25, 0.3) is 0 Å². The molecule has 1 saturated heterocycles. The van der Waals surface area contributed by atoms with Gasteiger partial charge in [0.05, 0.1) is 5.39 Å². The lowest BCUT2D eigenvalue weighted by Crippen LogP contribution is -2.50. The van der Waals surface area contributed by atoms with Gasteiger partial charge in [0.1, 0.15) is 16.5 Å². The van der Waals surface area contributed by atoms with Crippen LogP contribution in [-0.2, 0) is 17.6 Å². The van der Waals surface area contributed by atoms with Crippen molar-refractivity contribution in [3.8, 4) is 0 Å². The van der Waals surface area contributed by atoms with Crippen LogP contribution in [0, 0.1) is 5.92 Å². The third kappa shape index (κ3) is 4.28. The summed E-state index contributed by atoms with van der Waals surface area (Å²) in [6.07, 6.45) is 17.4. The zero-order chi connectivity index (χ0) is 22.2. The number of fused-ring (bicyclic) bond motifs is 3. The number of hydrogen-bond donors (Lipinski definition) is 0. The van der Waals surface area contributed by atoms with Crippen LogP contribution in [0.25, 0.3) is 10.2 Å². The Balaban J connectivity index is 1.31. The highest BCUT2D eigenvalue weighted by molar-refractivity contribution is 7.19. The summed E-state index contributed by atoms with van der Waals surface area (Å²) in [5.74, 6) is 3.50. The molecule has 0 aromatic carbocycles. The number of nitrogens with zero attached hydrogens (tertiary/aromatic N) is 4. The van der Waals surface area contributed by atoms with E-state index in [0.717, 1.165) is 44.8 Å². The smallest absolute Gasteiger partial charge is 0.225 e. The Hall–Kier alpha value is -1.69. The summed E-state index contributed by atoms with van der Waals surface area (Å²) >= 11 is 1.95. The van der Waals surface area contributed by atoms with Gasteiger partial charge in [-0.1, -0.05) is 38.5 Å². The average Bonchev–Trinajstić information content (AvgIpc) is 3.46.